The third kappa shape index (κ3) is 2.41. The topological polar surface area (TPSA) is 86.5 Å². The van der Waals surface area contributed by atoms with Crippen molar-refractivity contribution in [3.63, 3.8) is 0 Å². The third-order valence-corrected chi connectivity index (χ3v) is 1.96. The van der Waals surface area contributed by atoms with Gasteiger partial charge >= 0.3 is 5.97 Å². The van der Waals surface area contributed by atoms with Crippen LogP contribution in [0.3, 0.4) is 0 Å². The molecule has 0 aliphatic carbocycles. The number of benzene rings is 1. The highest BCUT2D eigenvalue weighted by Gasteiger charge is 2.16. The molecule has 0 saturated heterocycles. The van der Waals surface area contributed by atoms with Gasteiger partial charge < -0.3 is 4.74 Å². The Bertz CT molecular complexity index is 434. The van der Waals surface area contributed by atoms with Gasteiger partial charge in [0.05, 0.1) is 17.6 Å². The van der Waals surface area contributed by atoms with Crippen LogP contribution >= 0.6 is 0 Å². The van der Waals surface area contributed by atoms with E-state index < -0.39 is 10.9 Å². The number of ketones is 1. The van der Waals surface area contributed by atoms with Crippen LogP contribution in [0, 0.1) is 10.1 Å². The fourth-order valence-electron chi connectivity index (χ4n) is 1.16. The number of rotatable bonds is 3. The molecular formula is C10H9NO5. The molecule has 84 valence electrons. The Balaban J connectivity index is 3.35. The highest BCUT2D eigenvalue weighted by atomic mass is 16.6. The molecule has 0 aliphatic rings. The van der Waals surface area contributed by atoms with E-state index in [1.165, 1.54) is 13.0 Å². The van der Waals surface area contributed by atoms with Gasteiger partial charge in [0.1, 0.15) is 0 Å². The summed E-state index contributed by atoms with van der Waals surface area (Å²) in [4.78, 5) is 32.2. The van der Waals surface area contributed by atoms with Crippen molar-refractivity contribution >= 4 is 17.4 Å². The average Bonchev–Trinajstić information content (AvgIpc) is 2.27. The van der Waals surface area contributed by atoms with Gasteiger partial charge in [-0.25, -0.2) is 4.79 Å². The fraction of sp³-hybridized carbons (Fsp3) is 0.200. The molecule has 1 aromatic rings. The lowest BCUT2D eigenvalue weighted by molar-refractivity contribution is -0.384. The molecule has 6 heteroatoms. The minimum absolute atomic E-state index is 0.0121. The van der Waals surface area contributed by atoms with E-state index in [0.29, 0.717) is 0 Å². The lowest BCUT2D eigenvalue weighted by atomic mass is 10.1. The van der Waals surface area contributed by atoms with Crippen LogP contribution in [0.15, 0.2) is 18.2 Å². The van der Waals surface area contributed by atoms with Crippen LogP contribution in [-0.4, -0.2) is 23.8 Å². The Morgan fingerprint density at radius 3 is 2.25 bits per heavy atom. The van der Waals surface area contributed by atoms with E-state index in [9.17, 15) is 19.7 Å². The number of non-ortho nitro benzene ring substituents is 1. The molecular weight excluding hydrogens is 214 g/mol. The SMILES string of the molecule is COC(=O)c1cc(C(C)=O)cc([N+](=O)[O-])c1. The van der Waals surface area contributed by atoms with Crippen LogP contribution in [0.4, 0.5) is 5.69 Å². The number of carbonyl (C=O) groups is 2. The molecule has 1 rings (SSSR count). The molecule has 0 amide bonds. The Hall–Kier alpha value is -2.24. The van der Waals surface area contributed by atoms with Gasteiger partial charge in [-0.1, -0.05) is 0 Å². The fourth-order valence-corrected chi connectivity index (χ4v) is 1.16. The lowest BCUT2D eigenvalue weighted by Crippen LogP contribution is -2.05. The highest BCUT2D eigenvalue weighted by Crippen LogP contribution is 2.18. The number of nitro groups is 1. The number of hydrogen-bond donors (Lipinski definition) is 0. The van der Waals surface area contributed by atoms with Crippen molar-refractivity contribution in [2.24, 2.45) is 0 Å². The minimum atomic E-state index is -0.716. The molecule has 0 aromatic heterocycles. The monoisotopic (exact) mass is 223 g/mol. The zero-order valence-corrected chi connectivity index (χ0v) is 8.72. The first-order valence-electron chi connectivity index (χ1n) is 4.34. The molecule has 1 aromatic carbocycles. The van der Waals surface area contributed by atoms with E-state index in [0.717, 1.165) is 19.2 Å². The molecule has 0 heterocycles. The molecule has 6 nitrogen and oxygen atoms in total. The average molecular weight is 223 g/mol. The van der Waals surface area contributed by atoms with Gasteiger partial charge in [-0.15, -0.1) is 0 Å². The molecule has 0 spiro atoms. The predicted molar refractivity (Wildman–Crippen MR) is 54.4 cm³/mol. The maximum atomic E-state index is 11.2. The van der Waals surface area contributed by atoms with E-state index >= 15 is 0 Å². The van der Waals surface area contributed by atoms with Crippen molar-refractivity contribution in [2.75, 3.05) is 7.11 Å². The second-order valence-corrected chi connectivity index (χ2v) is 3.07. The van der Waals surface area contributed by atoms with Crippen LogP contribution in [0.2, 0.25) is 0 Å². The van der Waals surface area contributed by atoms with Crippen molar-refractivity contribution in [3.8, 4) is 0 Å². The van der Waals surface area contributed by atoms with E-state index in [1.807, 2.05) is 0 Å². The summed E-state index contributed by atoms with van der Waals surface area (Å²) in [6.07, 6.45) is 0. The first-order chi connectivity index (χ1) is 7.45. The van der Waals surface area contributed by atoms with Crippen LogP contribution in [0.5, 0.6) is 0 Å². The Morgan fingerprint density at radius 2 is 1.81 bits per heavy atom. The zero-order valence-electron chi connectivity index (χ0n) is 8.72. The predicted octanol–water partition coefficient (Wildman–Crippen LogP) is 1.58. The smallest absolute Gasteiger partial charge is 0.338 e. The number of carbonyl (C=O) groups excluding carboxylic acids is 2. The van der Waals surface area contributed by atoms with Crippen molar-refractivity contribution in [1.29, 1.82) is 0 Å². The number of ether oxygens (including phenoxy) is 1. The van der Waals surface area contributed by atoms with Gasteiger partial charge in [-0.05, 0) is 13.0 Å². The van der Waals surface area contributed by atoms with Gasteiger partial charge in [0.2, 0.25) is 0 Å². The number of hydrogen-bond acceptors (Lipinski definition) is 5. The van der Waals surface area contributed by atoms with Gasteiger partial charge in [-0.3, -0.25) is 14.9 Å². The van der Waals surface area contributed by atoms with E-state index in [2.05, 4.69) is 4.74 Å². The van der Waals surface area contributed by atoms with Crippen molar-refractivity contribution in [2.45, 2.75) is 6.92 Å². The largest absolute Gasteiger partial charge is 0.465 e. The molecule has 16 heavy (non-hydrogen) atoms. The van der Waals surface area contributed by atoms with E-state index in [-0.39, 0.29) is 22.6 Å². The number of nitro benzene ring substituents is 1. The van der Waals surface area contributed by atoms with Crippen LogP contribution < -0.4 is 0 Å². The standard InChI is InChI=1S/C10H9NO5/c1-6(12)7-3-8(10(13)16-2)5-9(4-7)11(14)15/h3-5H,1-2H3. The molecule has 0 atom stereocenters. The lowest BCUT2D eigenvalue weighted by Gasteiger charge is -2.01. The Morgan fingerprint density at radius 1 is 1.25 bits per heavy atom. The normalized spacial score (nSPS) is 9.62. The van der Waals surface area contributed by atoms with Gasteiger partial charge in [-0.2, -0.15) is 0 Å². The molecule has 0 N–H and O–H groups in total. The Labute approximate surface area is 91.0 Å². The first-order valence-corrected chi connectivity index (χ1v) is 4.34. The van der Waals surface area contributed by atoms with Gasteiger partial charge in [0, 0.05) is 17.7 Å². The highest BCUT2D eigenvalue weighted by molar-refractivity contribution is 5.98. The summed E-state index contributed by atoms with van der Waals surface area (Å²) >= 11 is 0. The quantitative estimate of drug-likeness (QED) is 0.336. The molecule has 0 bridgehead atoms. The van der Waals surface area contributed by atoms with Crippen molar-refractivity contribution < 1.29 is 19.2 Å². The van der Waals surface area contributed by atoms with Crippen molar-refractivity contribution in [3.05, 3.63) is 39.4 Å². The maximum Gasteiger partial charge on any atom is 0.338 e. The minimum Gasteiger partial charge on any atom is -0.465 e. The third-order valence-electron chi connectivity index (χ3n) is 1.96. The number of nitrogens with zero attached hydrogens (tertiary/aromatic N) is 1. The second-order valence-electron chi connectivity index (χ2n) is 3.07. The first kappa shape index (κ1) is 11.8. The van der Waals surface area contributed by atoms with Crippen LogP contribution in [0.25, 0.3) is 0 Å². The summed E-state index contributed by atoms with van der Waals surface area (Å²) in [6.45, 7) is 1.26. The molecule has 0 aliphatic heterocycles. The number of esters is 1. The second kappa shape index (κ2) is 4.52. The van der Waals surface area contributed by atoms with Crippen molar-refractivity contribution in [1.82, 2.24) is 0 Å². The number of methoxy groups -OCH3 is 1. The molecule has 0 unspecified atom stereocenters. The Kier molecular flexibility index (Phi) is 3.34. The molecule has 0 saturated carbocycles. The van der Waals surface area contributed by atoms with Gasteiger partial charge in [0.25, 0.3) is 5.69 Å². The molecule has 0 radical (unpaired) electrons. The van der Waals surface area contributed by atoms with Crippen LogP contribution in [-0.2, 0) is 4.74 Å². The summed E-state index contributed by atoms with van der Waals surface area (Å²) in [7, 11) is 1.16. The van der Waals surface area contributed by atoms with Gasteiger partial charge in [0.15, 0.2) is 5.78 Å². The maximum absolute atomic E-state index is 11.2. The summed E-state index contributed by atoms with van der Waals surface area (Å²) in [5.74, 6) is -1.07. The summed E-state index contributed by atoms with van der Waals surface area (Å²) in [6, 6.07) is 3.45. The molecule has 0 fully saturated rings. The summed E-state index contributed by atoms with van der Waals surface area (Å²) in [5.41, 5.74) is -0.218. The summed E-state index contributed by atoms with van der Waals surface area (Å²) in [5, 5.41) is 10.6. The zero-order chi connectivity index (χ0) is 12.3. The number of Topliss-reactive ketones (excluding diaryl/α,β-unsaturated/α-hetero) is 1. The van der Waals surface area contributed by atoms with E-state index in [4.69, 9.17) is 0 Å². The van der Waals surface area contributed by atoms with E-state index in [1.54, 1.807) is 0 Å². The summed E-state index contributed by atoms with van der Waals surface area (Å²) < 4.78 is 4.43. The van der Waals surface area contributed by atoms with Crippen LogP contribution in [0.1, 0.15) is 27.6 Å².